The largest absolute Gasteiger partial charge is 0.481 e. The molecule has 0 spiro atoms. The molecule has 2 heteroatoms. The maximum Gasteiger partial charge on any atom is 0.310 e. The molecule has 0 aromatic carbocycles. The molecule has 0 aliphatic heterocycles. The summed E-state index contributed by atoms with van der Waals surface area (Å²) in [6.07, 6.45) is 15.5. The van der Waals surface area contributed by atoms with E-state index in [1.807, 2.05) is 6.08 Å². The van der Waals surface area contributed by atoms with Gasteiger partial charge in [-0.3, -0.25) is 4.79 Å². The molecule has 112 valence electrons. The average molecular weight is 268 g/mol. The third kappa shape index (κ3) is 13.4. The zero-order valence-electron chi connectivity index (χ0n) is 13.0. The van der Waals surface area contributed by atoms with Crippen LogP contribution in [0.3, 0.4) is 0 Å². The van der Waals surface area contributed by atoms with Crippen LogP contribution >= 0.6 is 0 Å². The lowest BCUT2D eigenvalue weighted by Gasteiger charge is -2.04. The number of allylic oxidation sites excluding steroid dienone is 1. The number of unbranched alkanes of at least 4 members (excludes halogenated alkanes) is 7. The summed E-state index contributed by atoms with van der Waals surface area (Å²) in [5.41, 5.74) is 0. The van der Waals surface area contributed by atoms with Gasteiger partial charge in [0.15, 0.2) is 0 Å². The van der Waals surface area contributed by atoms with Gasteiger partial charge in [-0.15, -0.1) is 0 Å². The maximum atomic E-state index is 10.6. The van der Waals surface area contributed by atoms with Crippen LogP contribution in [0.5, 0.6) is 0 Å². The Kier molecular flexibility index (Phi) is 11.7. The van der Waals surface area contributed by atoms with Gasteiger partial charge in [-0.1, -0.05) is 70.9 Å². The molecule has 0 heterocycles. The van der Waals surface area contributed by atoms with Crippen molar-refractivity contribution in [3.63, 3.8) is 0 Å². The van der Waals surface area contributed by atoms with Crippen molar-refractivity contribution < 1.29 is 9.90 Å². The van der Waals surface area contributed by atoms with Crippen LogP contribution in [0, 0.1) is 11.8 Å². The number of carboxylic acid groups (broad SMARTS) is 1. The molecule has 0 fully saturated rings. The second kappa shape index (κ2) is 12.3. The van der Waals surface area contributed by atoms with Crippen molar-refractivity contribution in [3.05, 3.63) is 12.2 Å². The van der Waals surface area contributed by atoms with E-state index in [0.29, 0.717) is 0 Å². The van der Waals surface area contributed by atoms with Crippen LogP contribution in [0.15, 0.2) is 12.2 Å². The molecule has 2 nitrogen and oxygen atoms in total. The molecular formula is C17H32O2. The first-order valence-corrected chi connectivity index (χ1v) is 7.93. The Balaban J connectivity index is 3.21. The molecule has 1 atom stereocenters. The van der Waals surface area contributed by atoms with Gasteiger partial charge >= 0.3 is 5.97 Å². The predicted molar refractivity (Wildman–Crippen MR) is 82.3 cm³/mol. The summed E-state index contributed by atoms with van der Waals surface area (Å²) in [6.45, 7) is 6.30. The van der Waals surface area contributed by atoms with Gasteiger partial charge in [0.25, 0.3) is 0 Å². The van der Waals surface area contributed by atoms with E-state index in [2.05, 4.69) is 13.8 Å². The molecule has 0 saturated heterocycles. The van der Waals surface area contributed by atoms with Gasteiger partial charge in [-0.2, -0.15) is 0 Å². The first kappa shape index (κ1) is 18.2. The molecule has 0 amide bonds. The van der Waals surface area contributed by atoms with Crippen LogP contribution < -0.4 is 0 Å². The molecular weight excluding hydrogens is 236 g/mol. The number of rotatable bonds is 12. The Labute approximate surface area is 119 Å². The highest BCUT2D eigenvalue weighted by atomic mass is 16.4. The van der Waals surface area contributed by atoms with Crippen LogP contribution in [0.2, 0.25) is 0 Å². The lowest BCUT2D eigenvalue weighted by molar-refractivity contribution is -0.139. The van der Waals surface area contributed by atoms with E-state index in [1.165, 1.54) is 51.4 Å². The summed E-state index contributed by atoms with van der Waals surface area (Å²) in [5, 5.41) is 8.71. The zero-order chi connectivity index (χ0) is 14.5. The first-order chi connectivity index (χ1) is 9.04. The van der Waals surface area contributed by atoms with Crippen LogP contribution in [-0.2, 0) is 4.79 Å². The third-order valence-corrected chi connectivity index (χ3v) is 3.47. The molecule has 0 bridgehead atoms. The van der Waals surface area contributed by atoms with Crippen molar-refractivity contribution in [1.29, 1.82) is 0 Å². The zero-order valence-corrected chi connectivity index (χ0v) is 13.0. The Morgan fingerprint density at radius 1 is 0.947 bits per heavy atom. The number of carbonyl (C=O) groups is 1. The van der Waals surface area contributed by atoms with Crippen LogP contribution in [0.4, 0.5) is 0 Å². The molecule has 0 aliphatic carbocycles. The number of hydrogen-bond acceptors (Lipinski definition) is 1. The van der Waals surface area contributed by atoms with E-state index in [-0.39, 0.29) is 5.92 Å². The second-order valence-corrected chi connectivity index (χ2v) is 6.00. The maximum absolute atomic E-state index is 10.6. The van der Waals surface area contributed by atoms with Gasteiger partial charge in [0, 0.05) is 0 Å². The van der Waals surface area contributed by atoms with Gasteiger partial charge in [-0.05, 0) is 25.7 Å². The highest BCUT2D eigenvalue weighted by Crippen LogP contribution is 2.12. The van der Waals surface area contributed by atoms with Gasteiger partial charge in [0.2, 0.25) is 0 Å². The first-order valence-electron chi connectivity index (χ1n) is 7.93. The van der Waals surface area contributed by atoms with E-state index in [1.54, 1.807) is 13.0 Å². The van der Waals surface area contributed by atoms with Crippen molar-refractivity contribution in [3.8, 4) is 0 Å². The van der Waals surface area contributed by atoms with Crippen molar-refractivity contribution in [2.75, 3.05) is 0 Å². The van der Waals surface area contributed by atoms with E-state index in [9.17, 15) is 4.79 Å². The molecule has 0 aromatic rings. The summed E-state index contributed by atoms with van der Waals surface area (Å²) < 4.78 is 0. The SMILES string of the molecule is CC(C)CCCCCCCCC/C=C/C(C)C(=O)O. The predicted octanol–water partition coefficient (Wildman–Crippen LogP) is 5.43. The Morgan fingerprint density at radius 3 is 2.00 bits per heavy atom. The van der Waals surface area contributed by atoms with Gasteiger partial charge < -0.3 is 5.11 Å². The molecule has 0 saturated carbocycles. The molecule has 1 unspecified atom stereocenters. The van der Waals surface area contributed by atoms with Crippen molar-refractivity contribution in [1.82, 2.24) is 0 Å². The quantitative estimate of drug-likeness (QED) is 0.378. The van der Waals surface area contributed by atoms with E-state index in [0.717, 1.165) is 12.3 Å². The third-order valence-electron chi connectivity index (χ3n) is 3.47. The molecule has 1 N–H and O–H groups in total. The minimum atomic E-state index is -0.738. The van der Waals surface area contributed by atoms with Gasteiger partial charge in [-0.25, -0.2) is 0 Å². The smallest absolute Gasteiger partial charge is 0.310 e. The fourth-order valence-electron chi connectivity index (χ4n) is 2.08. The normalized spacial score (nSPS) is 13.3. The van der Waals surface area contributed by atoms with Crippen LogP contribution in [0.1, 0.15) is 78.6 Å². The topological polar surface area (TPSA) is 37.3 Å². The summed E-state index contributed by atoms with van der Waals surface area (Å²) >= 11 is 0. The highest BCUT2D eigenvalue weighted by Gasteiger charge is 2.04. The molecule has 0 aromatic heterocycles. The van der Waals surface area contributed by atoms with E-state index >= 15 is 0 Å². The van der Waals surface area contributed by atoms with E-state index in [4.69, 9.17) is 5.11 Å². The summed E-state index contributed by atoms with van der Waals surface area (Å²) in [7, 11) is 0. The summed E-state index contributed by atoms with van der Waals surface area (Å²) in [5.74, 6) is -0.237. The second-order valence-electron chi connectivity index (χ2n) is 6.00. The highest BCUT2D eigenvalue weighted by molar-refractivity contribution is 5.71. The Morgan fingerprint density at radius 2 is 1.47 bits per heavy atom. The number of hydrogen-bond donors (Lipinski definition) is 1. The Bertz CT molecular complexity index is 244. The fourth-order valence-corrected chi connectivity index (χ4v) is 2.08. The molecule has 0 aliphatic rings. The number of aliphatic carboxylic acids is 1. The van der Waals surface area contributed by atoms with E-state index < -0.39 is 5.97 Å². The number of carboxylic acids is 1. The van der Waals surface area contributed by atoms with Crippen molar-refractivity contribution in [2.24, 2.45) is 11.8 Å². The summed E-state index contributed by atoms with van der Waals surface area (Å²) in [6, 6.07) is 0. The van der Waals surface area contributed by atoms with Crippen molar-refractivity contribution >= 4 is 5.97 Å². The molecule has 0 rings (SSSR count). The minimum absolute atomic E-state index is 0.346. The van der Waals surface area contributed by atoms with Crippen LogP contribution in [-0.4, -0.2) is 11.1 Å². The fraction of sp³-hybridized carbons (Fsp3) is 0.824. The minimum Gasteiger partial charge on any atom is -0.481 e. The lowest BCUT2D eigenvalue weighted by atomic mass is 10.0. The molecule has 19 heavy (non-hydrogen) atoms. The molecule has 0 radical (unpaired) electrons. The Hall–Kier alpha value is -0.790. The van der Waals surface area contributed by atoms with Gasteiger partial charge in [0.05, 0.1) is 5.92 Å². The lowest BCUT2D eigenvalue weighted by Crippen LogP contribution is -2.05. The monoisotopic (exact) mass is 268 g/mol. The van der Waals surface area contributed by atoms with Crippen LogP contribution in [0.25, 0.3) is 0 Å². The van der Waals surface area contributed by atoms with Crippen molar-refractivity contribution in [2.45, 2.75) is 78.6 Å². The average Bonchev–Trinajstić information content (AvgIpc) is 2.35. The summed E-state index contributed by atoms with van der Waals surface area (Å²) in [4.78, 5) is 10.6. The standard InChI is InChI=1S/C17H32O2/c1-15(2)13-11-9-7-5-4-6-8-10-12-14-16(3)17(18)19/h12,14-16H,4-11,13H2,1-3H3,(H,18,19)/b14-12+. The van der Waals surface area contributed by atoms with Gasteiger partial charge in [0.1, 0.15) is 0 Å².